The van der Waals surface area contributed by atoms with E-state index in [9.17, 15) is 5.11 Å². The summed E-state index contributed by atoms with van der Waals surface area (Å²) < 4.78 is 7.64. The molecule has 0 bridgehead atoms. The number of hydrogen-bond donors (Lipinski definition) is 2. The van der Waals surface area contributed by atoms with Crippen molar-refractivity contribution in [3.8, 4) is 0 Å². The smallest absolute Gasteiger partial charge is 0.0897 e. The summed E-state index contributed by atoms with van der Waals surface area (Å²) in [4.78, 5) is 0. The number of aromatic nitrogens is 2. The van der Waals surface area contributed by atoms with Crippen LogP contribution in [0.2, 0.25) is 0 Å². The van der Waals surface area contributed by atoms with Gasteiger partial charge in [0.1, 0.15) is 0 Å². The minimum Gasteiger partial charge on any atom is -0.389 e. The maximum absolute atomic E-state index is 9.94. The number of aliphatic hydroxyl groups excluding tert-OH is 1. The Morgan fingerprint density at radius 2 is 2.38 bits per heavy atom. The van der Waals surface area contributed by atoms with E-state index in [1.54, 1.807) is 0 Å². The molecule has 1 aromatic rings. The highest BCUT2D eigenvalue weighted by Gasteiger charge is 2.20. The Balaban J connectivity index is 1.52. The molecule has 3 unspecified atom stereocenters. The van der Waals surface area contributed by atoms with Gasteiger partial charge in [-0.05, 0) is 37.3 Å². The Morgan fingerprint density at radius 3 is 3.10 bits per heavy atom. The fraction of sp³-hybridized carbons (Fsp3) is 0.812. The molecule has 120 valence electrons. The zero-order chi connectivity index (χ0) is 15.1. The van der Waals surface area contributed by atoms with E-state index in [1.165, 1.54) is 18.4 Å². The van der Waals surface area contributed by atoms with Crippen molar-refractivity contribution >= 4 is 0 Å². The van der Waals surface area contributed by atoms with E-state index < -0.39 is 6.10 Å². The second-order valence-electron chi connectivity index (χ2n) is 6.36. The minimum atomic E-state index is -0.420. The molecule has 1 aromatic heterocycles. The summed E-state index contributed by atoms with van der Waals surface area (Å²) in [7, 11) is 1.92. The average Bonchev–Trinajstić information content (AvgIpc) is 2.87. The third-order valence-electron chi connectivity index (χ3n) is 4.14. The summed E-state index contributed by atoms with van der Waals surface area (Å²) in [6.45, 7) is 4.16. The lowest BCUT2D eigenvalue weighted by Gasteiger charge is -2.27. The van der Waals surface area contributed by atoms with Crippen LogP contribution in [0.25, 0.3) is 0 Å². The molecule has 1 aliphatic rings. The van der Waals surface area contributed by atoms with Gasteiger partial charge in [-0.3, -0.25) is 4.68 Å². The van der Waals surface area contributed by atoms with E-state index in [-0.39, 0.29) is 0 Å². The average molecular weight is 295 g/mol. The summed E-state index contributed by atoms with van der Waals surface area (Å²) in [6.07, 6.45) is 9.62. The van der Waals surface area contributed by atoms with Crippen molar-refractivity contribution in [2.24, 2.45) is 13.0 Å². The van der Waals surface area contributed by atoms with Crippen LogP contribution in [-0.2, 0) is 18.2 Å². The van der Waals surface area contributed by atoms with E-state index in [4.69, 9.17) is 4.74 Å². The molecule has 0 aromatic carbocycles. The number of nitrogens with zero attached hydrogens (tertiary/aromatic N) is 2. The van der Waals surface area contributed by atoms with Gasteiger partial charge in [-0.2, -0.15) is 5.10 Å². The quantitative estimate of drug-likeness (QED) is 0.714. The molecular weight excluding hydrogens is 266 g/mol. The molecule has 1 fully saturated rings. The van der Waals surface area contributed by atoms with Crippen LogP contribution in [0.4, 0.5) is 0 Å². The third kappa shape index (κ3) is 6.16. The van der Waals surface area contributed by atoms with Crippen LogP contribution in [0.15, 0.2) is 12.4 Å². The molecule has 1 saturated carbocycles. The Bertz CT molecular complexity index is 408. The topological polar surface area (TPSA) is 59.3 Å². The Kier molecular flexibility index (Phi) is 6.67. The number of aliphatic hydroxyl groups is 1. The lowest BCUT2D eigenvalue weighted by molar-refractivity contribution is -0.0305. The minimum absolute atomic E-state index is 0.346. The highest BCUT2D eigenvalue weighted by Crippen LogP contribution is 2.25. The van der Waals surface area contributed by atoms with Gasteiger partial charge < -0.3 is 15.2 Å². The third-order valence-corrected chi connectivity index (χ3v) is 4.14. The summed E-state index contributed by atoms with van der Waals surface area (Å²) in [6, 6.07) is 0. The van der Waals surface area contributed by atoms with Gasteiger partial charge in [-0.15, -0.1) is 0 Å². The van der Waals surface area contributed by atoms with Crippen molar-refractivity contribution in [1.29, 1.82) is 0 Å². The molecule has 0 aliphatic heterocycles. The van der Waals surface area contributed by atoms with E-state index >= 15 is 0 Å². The Morgan fingerprint density at radius 1 is 1.52 bits per heavy atom. The first kappa shape index (κ1) is 16.5. The van der Waals surface area contributed by atoms with Crippen molar-refractivity contribution in [2.75, 3.05) is 19.7 Å². The molecular formula is C16H29N3O2. The summed E-state index contributed by atoms with van der Waals surface area (Å²) >= 11 is 0. The first-order chi connectivity index (χ1) is 10.1. The van der Waals surface area contributed by atoms with Crippen molar-refractivity contribution in [2.45, 2.75) is 51.2 Å². The first-order valence-corrected chi connectivity index (χ1v) is 8.11. The molecule has 0 saturated heterocycles. The van der Waals surface area contributed by atoms with Crippen LogP contribution >= 0.6 is 0 Å². The zero-order valence-corrected chi connectivity index (χ0v) is 13.3. The SMILES string of the molecule is CC1CCCC(OCC(O)CNCCc2cnn(C)c2)C1. The summed E-state index contributed by atoms with van der Waals surface area (Å²) in [5.74, 6) is 0.762. The molecule has 0 amide bonds. The van der Waals surface area contributed by atoms with Crippen LogP contribution < -0.4 is 5.32 Å². The molecule has 5 nitrogen and oxygen atoms in total. The molecule has 2 rings (SSSR count). The van der Waals surface area contributed by atoms with Gasteiger partial charge in [0, 0.05) is 19.8 Å². The van der Waals surface area contributed by atoms with Gasteiger partial charge in [-0.1, -0.05) is 19.8 Å². The van der Waals surface area contributed by atoms with Crippen LogP contribution in [-0.4, -0.2) is 46.8 Å². The maximum Gasteiger partial charge on any atom is 0.0897 e. The van der Waals surface area contributed by atoms with E-state index in [0.29, 0.717) is 19.3 Å². The summed E-state index contributed by atoms with van der Waals surface area (Å²) in [5, 5.41) is 17.4. The second kappa shape index (κ2) is 8.51. The van der Waals surface area contributed by atoms with Gasteiger partial charge >= 0.3 is 0 Å². The molecule has 21 heavy (non-hydrogen) atoms. The standard InChI is InChI=1S/C16H29N3O2/c1-13-4-3-5-16(8-13)21-12-15(20)10-17-7-6-14-9-18-19(2)11-14/h9,11,13,15-17,20H,3-8,10,12H2,1-2H3. The van der Waals surface area contributed by atoms with Gasteiger partial charge in [-0.25, -0.2) is 0 Å². The first-order valence-electron chi connectivity index (χ1n) is 8.11. The van der Waals surface area contributed by atoms with E-state index in [2.05, 4.69) is 17.3 Å². The largest absolute Gasteiger partial charge is 0.389 e. The molecule has 5 heteroatoms. The number of nitrogens with one attached hydrogen (secondary N) is 1. The van der Waals surface area contributed by atoms with Crippen molar-refractivity contribution < 1.29 is 9.84 Å². The lowest BCUT2D eigenvalue weighted by atomic mass is 9.89. The van der Waals surface area contributed by atoms with Crippen LogP contribution in [0.3, 0.4) is 0 Å². The van der Waals surface area contributed by atoms with Gasteiger partial charge in [0.15, 0.2) is 0 Å². The van der Waals surface area contributed by atoms with Crippen LogP contribution in [0.5, 0.6) is 0 Å². The van der Waals surface area contributed by atoms with Crippen LogP contribution in [0, 0.1) is 5.92 Å². The van der Waals surface area contributed by atoms with E-state index in [1.807, 2.05) is 24.1 Å². The molecule has 0 spiro atoms. The lowest BCUT2D eigenvalue weighted by Crippen LogP contribution is -2.34. The molecule has 1 aliphatic carbocycles. The Labute approximate surface area is 127 Å². The zero-order valence-electron chi connectivity index (χ0n) is 13.3. The highest BCUT2D eigenvalue weighted by molar-refractivity contribution is 5.03. The maximum atomic E-state index is 9.94. The van der Waals surface area contributed by atoms with Crippen molar-refractivity contribution in [3.05, 3.63) is 18.0 Å². The normalized spacial score (nSPS) is 24.1. The number of ether oxygens (including phenoxy) is 1. The predicted molar refractivity (Wildman–Crippen MR) is 83.2 cm³/mol. The second-order valence-corrected chi connectivity index (χ2v) is 6.36. The fourth-order valence-electron chi connectivity index (χ4n) is 2.94. The molecule has 2 N–H and O–H groups in total. The Hall–Kier alpha value is -0.910. The fourth-order valence-corrected chi connectivity index (χ4v) is 2.94. The predicted octanol–water partition coefficient (Wildman–Crippen LogP) is 1.51. The molecule has 3 atom stereocenters. The number of hydrogen-bond acceptors (Lipinski definition) is 4. The number of aryl methyl sites for hydroxylation is 1. The highest BCUT2D eigenvalue weighted by atomic mass is 16.5. The van der Waals surface area contributed by atoms with Crippen LogP contribution in [0.1, 0.15) is 38.2 Å². The molecule has 1 heterocycles. The van der Waals surface area contributed by atoms with Crippen molar-refractivity contribution in [1.82, 2.24) is 15.1 Å². The van der Waals surface area contributed by atoms with Gasteiger partial charge in [0.25, 0.3) is 0 Å². The number of rotatable bonds is 8. The monoisotopic (exact) mass is 295 g/mol. The van der Waals surface area contributed by atoms with Gasteiger partial charge in [0.2, 0.25) is 0 Å². The van der Waals surface area contributed by atoms with E-state index in [0.717, 1.165) is 31.7 Å². The van der Waals surface area contributed by atoms with Crippen molar-refractivity contribution in [3.63, 3.8) is 0 Å². The summed E-state index contributed by atoms with van der Waals surface area (Å²) in [5.41, 5.74) is 1.21. The van der Waals surface area contributed by atoms with Gasteiger partial charge in [0.05, 0.1) is 25.0 Å². The molecule has 0 radical (unpaired) electrons.